The third-order valence-electron chi connectivity index (χ3n) is 2.06. The first-order chi connectivity index (χ1) is 7.47. The van der Waals surface area contributed by atoms with Gasteiger partial charge in [0.2, 0.25) is 0 Å². The summed E-state index contributed by atoms with van der Waals surface area (Å²) in [6.07, 6.45) is -0.208. The van der Waals surface area contributed by atoms with Gasteiger partial charge in [-0.05, 0) is 12.5 Å². The van der Waals surface area contributed by atoms with Crippen molar-refractivity contribution in [2.24, 2.45) is 0 Å². The van der Waals surface area contributed by atoms with Gasteiger partial charge < -0.3 is 14.9 Å². The zero-order chi connectivity index (χ0) is 12.3. The molecule has 2 N–H and O–H groups in total. The second-order valence-electron chi connectivity index (χ2n) is 3.10. The highest BCUT2D eigenvalue weighted by Gasteiger charge is 2.17. The minimum absolute atomic E-state index is 0.000690. The second-order valence-corrected chi connectivity index (χ2v) is 3.95. The Hall–Kier alpha value is -1.30. The molecule has 0 spiro atoms. The van der Waals surface area contributed by atoms with Gasteiger partial charge in [-0.1, -0.05) is 15.9 Å². The van der Waals surface area contributed by atoms with Gasteiger partial charge in [-0.2, -0.15) is 0 Å². The Balaban J connectivity index is 3.10. The highest BCUT2D eigenvalue weighted by atomic mass is 79.9. The van der Waals surface area contributed by atoms with Gasteiger partial charge in [0.25, 0.3) is 0 Å². The van der Waals surface area contributed by atoms with Gasteiger partial charge in [0.15, 0.2) is 17.3 Å². The molecule has 0 aromatic heterocycles. The lowest BCUT2D eigenvalue weighted by atomic mass is 10.1. The second kappa shape index (κ2) is 5.16. The standard InChI is InChI=1S/C10H10BrFO4/c1-16-7-4-6(11)5(2-3-8(13)14)9(12)10(7)15/h4,15H,2-3H2,1H3,(H,13,14). The van der Waals surface area contributed by atoms with Crippen molar-refractivity contribution in [2.75, 3.05) is 7.11 Å². The van der Waals surface area contributed by atoms with Gasteiger partial charge in [-0.15, -0.1) is 0 Å². The number of rotatable bonds is 4. The lowest BCUT2D eigenvalue weighted by Crippen LogP contribution is -2.01. The Morgan fingerprint density at radius 2 is 2.25 bits per heavy atom. The predicted molar refractivity (Wildman–Crippen MR) is 58.3 cm³/mol. The summed E-state index contributed by atoms with van der Waals surface area (Å²) >= 11 is 3.10. The fraction of sp³-hybridized carbons (Fsp3) is 0.300. The van der Waals surface area contributed by atoms with Crippen molar-refractivity contribution in [1.82, 2.24) is 0 Å². The number of hydrogen-bond donors (Lipinski definition) is 2. The maximum Gasteiger partial charge on any atom is 0.303 e. The summed E-state index contributed by atoms with van der Waals surface area (Å²) in [6, 6.07) is 1.40. The fourth-order valence-corrected chi connectivity index (χ4v) is 1.82. The number of phenols is 1. The monoisotopic (exact) mass is 292 g/mol. The predicted octanol–water partition coefficient (Wildman–Crippen LogP) is 2.32. The number of methoxy groups -OCH3 is 1. The summed E-state index contributed by atoms with van der Waals surface area (Å²) in [5.74, 6) is -2.48. The van der Waals surface area contributed by atoms with E-state index >= 15 is 0 Å². The third kappa shape index (κ3) is 2.63. The van der Waals surface area contributed by atoms with Crippen molar-refractivity contribution < 1.29 is 24.1 Å². The highest BCUT2D eigenvalue weighted by molar-refractivity contribution is 9.10. The van der Waals surface area contributed by atoms with Crippen LogP contribution in [0.2, 0.25) is 0 Å². The Kier molecular flexibility index (Phi) is 4.12. The summed E-state index contributed by atoms with van der Waals surface area (Å²) in [7, 11) is 1.30. The number of halogens is 2. The van der Waals surface area contributed by atoms with Crippen molar-refractivity contribution in [3.05, 3.63) is 21.9 Å². The molecule has 16 heavy (non-hydrogen) atoms. The van der Waals surface area contributed by atoms with E-state index in [4.69, 9.17) is 9.84 Å². The molecule has 1 rings (SSSR count). The van der Waals surface area contributed by atoms with Crippen LogP contribution < -0.4 is 4.74 Å². The Labute approximate surface area is 99.8 Å². The van der Waals surface area contributed by atoms with Crippen molar-refractivity contribution in [3.8, 4) is 11.5 Å². The number of hydrogen-bond acceptors (Lipinski definition) is 3. The van der Waals surface area contributed by atoms with E-state index in [1.54, 1.807) is 0 Å². The van der Waals surface area contributed by atoms with Crippen LogP contribution in [0.15, 0.2) is 10.5 Å². The zero-order valence-corrected chi connectivity index (χ0v) is 10.0. The molecule has 0 unspecified atom stereocenters. The molecule has 0 saturated carbocycles. The van der Waals surface area contributed by atoms with Crippen molar-refractivity contribution >= 4 is 21.9 Å². The molecular weight excluding hydrogens is 283 g/mol. The molecule has 0 aliphatic carbocycles. The molecule has 0 saturated heterocycles. The number of aromatic hydroxyl groups is 1. The molecular formula is C10H10BrFO4. The molecule has 0 atom stereocenters. The number of benzene rings is 1. The number of phenolic OH excluding ortho intramolecular Hbond substituents is 1. The first-order valence-corrected chi connectivity index (χ1v) is 5.22. The van der Waals surface area contributed by atoms with Gasteiger partial charge in [-0.3, -0.25) is 4.79 Å². The van der Waals surface area contributed by atoms with Crippen LogP contribution in [0.1, 0.15) is 12.0 Å². The summed E-state index contributed by atoms with van der Waals surface area (Å²) in [6.45, 7) is 0. The summed E-state index contributed by atoms with van der Waals surface area (Å²) in [4.78, 5) is 10.4. The maximum absolute atomic E-state index is 13.6. The third-order valence-corrected chi connectivity index (χ3v) is 2.77. The van der Waals surface area contributed by atoms with Crippen LogP contribution in [-0.4, -0.2) is 23.3 Å². The molecule has 0 radical (unpaired) electrons. The van der Waals surface area contributed by atoms with Crippen LogP contribution >= 0.6 is 15.9 Å². The summed E-state index contributed by atoms with van der Waals surface area (Å²) < 4.78 is 18.7. The molecule has 1 aromatic carbocycles. The van der Waals surface area contributed by atoms with Gasteiger partial charge in [0, 0.05) is 16.5 Å². The molecule has 0 aliphatic rings. The normalized spacial score (nSPS) is 10.2. The van der Waals surface area contributed by atoms with E-state index in [0.717, 1.165) is 0 Å². The number of carbonyl (C=O) groups is 1. The quantitative estimate of drug-likeness (QED) is 0.894. The van der Waals surface area contributed by atoms with E-state index in [0.29, 0.717) is 4.47 Å². The number of ether oxygens (including phenoxy) is 1. The average Bonchev–Trinajstić information content (AvgIpc) is 2.22. The van der Waals surface area contributed by atoms with Gasteiger partial charge >= 0.3 is 5.97 Å². The molecule has 0 amide bonds. The lowest BCUT2D eigenvalue weighted by molar-refractivity contribution is -0.136. The molecule has 4 nitrogen and oxygen atoms in total. The van der Waals surface area contributed by atoms with E-state index in [9.17, 15) is 14.3 Å². The van der Waals surface area contributed by atoms with Gasteiger partial charge in [0.05, 0.1) is 7.11 Å². The SMILES string of the molecule is COc1cc(Br)c(CCC(=O)O)c(F)c1O. The summed E-state index contributed by atoms with van der Waals surface area (Å²) in [5.41, 5.74) is 0.126. The van der Waals surface area contributed by atoms with Crippen LogP contribution in [0.25, 0.3) is 0 Å². The average molecular weight is 293 g/mol. The van der Waals surface area contributed by atoms with Gasteiger partial charge in [0.1, 0.15) is 0 Å². The van der Waals surface area contributed by atoms with E-state index in [1.807, 2.05) is 0 Å². The molecule has 0 aliphatic heterocycles. The van der Waals surface area contributed by atoms with Crippen molar-refractivity contribution in [3.63, 3.8) is 0 Å². The van der Waals surface area contributed by atoms with Crippen LogP contribution in [0.3, 0.4) is 0 Å². The smallest absolute Gasteiger partial charge is 0.303 e. The Morgan fingerprint density at radius 3 is 2.75 bits per heavy atom. The Bertz CT molecular complexity index is 420. The van der Waals surface area contributed by atoms with E-state index in [1.165, 1.54) is 13.2 Å². The molecule has 1 aromatic rings. The maximum atomic E-state index is 13.6. The van der Waals surface area contributed by atoms with Crippen molar-refractivity contribution in [2.45, 2.75) is 12.8 Å². The number of carboxylic acid groups (broad SMARTS) is 1. The first kappa shape index (κ1) is 12.8. The van der Waals surface area contributed by atoms with E-state index < -0.39 is 17.5 Å². The Morgan fingerprint density at radius 1 is 1.62 bits per heavy atom. The minimum atomic E-state index is -1.03. The van der Waals surface area contributed by atoms with Gasteiger partial charge in [-0.25, -0.2) is 4.39 Å². The lowest BCUT2D eigenvalue weighted by Gasteiger charge is -2.10. The molecule has 0 bridgehead atoms. The van der Waals surface area contributed by atoms with E-state index in [2.05, 4.69) is 15.9 Å². The minimum Gasteiger partial charge on any atom is -0.502 e. The van der Waals surface area contributed by atoms with Crippen molar-refractivity contribution in [1.29, 1.82) is 0 Å². The molecule has 0 heterocycles. The number of aliphatic carboxylic acids is 1. The largest absolute Gasteiger partial charge is 0.502 e. The van der Waals surface area contributed by atoms with Crippen LogP contribution in [0, 0.1) is 5.82 Å². The van der Waals surface area contributed by atoms with Crippen LogP contribution in [0.4, 0.5) is 4.39 Å². The highest BCUT2D eigenvalue weighted by Crippen LogP contribution is 2.36. The summed E-state index contributed by atoms with van der Waals surface area (Å²) in [5, 5.41) is 17.9. The fourth-order valence-electron chi connectivity index (χ4n) is 1.24. The molecule has 88 valence electrons. The van der Waals surface area contributed by atoms with Crippen LogP contribution in [0.5, 0.6) is 11.5 Å². The molecule has 6 heteroatoms. The first-order valence-electron chi connectivity index (χ1n) is 4.43. The zero-order valence-electron chi connectivity index (χ0n) is 8.46. The topological polar surface area (TPSA) is 66.8 Å². The number of carboxylic acids is 1. The van der Waals surface area contributed by atoms with E-state index in [-0.39, 0.29) is 24.2 Å². The molecule has 0 fully saturated rings. The van der Waals surface area contributed by atoms with Crippen LogP contribution in [-0.2, 0) is 11.2 Å².